The first kappa shape index (κ1) is 20.0. The van der Waals surface area contributed by atoms with Crippen LogP contribution in [0.5, 0.6) is 0 Å². The van der Waals surface area contributed by atoms with Crippen LogP contribution in [0, 0.1) is 5.92 Å². The Balaban J connectivity index is 1.65. The maximum atomic E-state index is 12.8. The smallest absolute Gasteiger partial charge is 0.243 e. The molecule has 0 spiro atoms. The van der Waals surface area contributed by atoms with Gasteiger partial charge in [-0.3, -0.25) is 9.59 Å². The molecular formula is C20H23N3O4S. The third kappa shape index (κ3) is 4.76. The van der Waals surface area contributed by atoms with Gasteiger partial charge in [0.2, 0.25) is 21.8 Å². The van der Waals surface area contributed by atoms with E-state index in [0.717, 1.165) is 0 Å². The van der Waals surface area contributed by atoms with Crippen LogP contribution in [0.1, 0.15) is 19.8 Å². The third-order valence-corrected chi connectivity index (χ3v) is 6.49. The summed E-state index contributed by atoms with van der Waals surface area (Å²) in [5.74, 6) is -0.791. The third-order valence-electron chi connectivity index (χ3n) is 4.61. The molecule has 1 atom stereocenters. The molecule has 0 aromatic heterocycles. The molecule has 1 fully saturated rings. The summed E-state index contributed by atoms with van der Waals surface area (Å²) >= 11 is 0. The normalized spacial score (nSPS) is 17.7. The lowest BCUT2D eigenvalue weighted by Crippen LogP contribution is -2.43. The molecule has 1 aliphatic heterocycles. The quantitative estimate of drug-likeness (QED) is 0.805. The lowest BCUT2D eigenvalue weighted by Gasteiger charge is -2.31. The summed E-state index contributed by atoms with van der Waals surface area (Å²) < 4.78 is 27.0. The number of nitrogens with zero attached hydrogens (tertiary/aromatic N) is 1. The maximum absolute atomic E-state index is 12.8. The molecule has 2 amide bonds. The van der Waals surface area contributed by atoms with Gasteiger partial charge in [0.25, 0.3) is 0 Å². The summed E-state index contributed by atoms with van der Waals surface area (Å²) in [4.78, 5) is 23.9. The van der Waals surface area contributed by atoms with Gasteiger partial charge < -0.3 is 10.6 Å². The Labute approximate surface area is 164 Å². The molecule has 0 aliphatic carbocycles. The van der Waals surface area contributed by atoms with Gasteiger partial charge in [-0.1, -0.05) is 18.2 Å². The van der Waals surface area contributed by atoms with E-state index in [1.165, 1.54) is 11.2 Å². The van der Waals surface area contributed by atoms with Crippen LogP contribution in [0.25, 0.3) is 0 Å². The van der Waals surface area contributed by atoms with Crippen LogP contribution in [0.2, 0.25) is 0 Å². The monoisotopic (exact) mass is 401 g/mol. The number of hydrogen-bond donors (Lipinski definition) is 2. The number of rotatable bonds is 5. The van der Waals surface area contributed by atoms with Crippen LogP contribution < -0.4 is 10.6 Å². The number of anilines is 2. The maximum Gasteiger partial charge on any atom is 0.243 e. The number of nitrogens with one attached hydrogen (secondary N) is 2. The van der Waals surface area contributed by atoms with Gasteiger partial charge in [0.15, 0.2) is 0 Å². The number of hydrogen-bond acceptors (Lipinski definition) is 4. The van der Waals surface area contributed by atoms with E-state index >= 15 is 0 Å². The van der Waals surface area contributed by atoms with E-state index in [4.69, 9.17) is 0 Å². The first-order chi connectivity index (χ1) is 13.4. The van der Waals surface area contributed by atoms with E-state index in [1.807, 2.05) is 0 Å². The van der Waals surface area contributed by atoms with Crippen LogP contribution in [0.3, 0.4) is 0 Å². The Hall–Kier alpha value is -2.71. The molecule has 0 radical (unpaired) electrons. The number of carbonyl (C=O) groups excluding carboxylic acids is 2. The highest BCUT2D eigenvalue weighted by atomic mass is 32.2. The fraction of sp³-hybridized carbons (Fsp3) is 0.300. The molecule has 1 aliphatic rings. The van der Waals surface area contributed by atoms with Crippen molar-refractivity contribution in [2.75, 3.05) is 23.7 Å². The highest BCUT2D eigenvalue weighted by Crippen LogP contribution is 2.25. The van der Waals surface area contributed by atoms with E-state index in [1.54, 1.807) is 54.6 Å². The van der Waals surface area contributed by atoms with Crippen LogP contribution >= 0.6 is 0 Å². The van der Waals surface area contributed by atoms with Crippen LogP contribution in [0.15, 0.2) is 59.5 Å². The van der Waals surface area contributed by atoms with Crippen molar-refractivity contribution < 1.29 is 18.0 Å². The average molecular weight is 401 g/mol. The van der Waals surface area contributed by atoms with Crippen LogP contribution in [0.4, 0.5) is 11.4 Å². The molecule has 28 heavy (non-hydrogen) atoms. The van der Waals surface area contributed by atoms with E-state index < -0.39 is 15.9 Å². The van der Waals surface area contributed by atoms with Crippen molar-refractivity contribution in [3.63, 3.8) is 0 Å². The van der Waals surface area contributed by atoms with Gasteiger partial charge in [-0.2, -0.15) is 4.31 Å². The second-order valence-corrected chi connectivity index (χ2v) is 8.70. The van der Waals surface area contributed by atoms with Gasteiger partial charge in [0.05, 0.1) is 10.8 Å². The van der Waals surface area contributed by atoms with Crippen molar-refractivity contribution in [3.05, 3.63) is 54.6 Å². The van der Waals surface area contributed by atoms with Gasteiger partial charge in [0, 0.05) is 31.4 Å². The number of piperidine rings is 1. The van der Waals surface area contributed by atoms with Gasteiger partial charge in [-0.25, -0.2) is 8.42 Å². The molecule has 0 saturated carbocycles. The van der Waals surface area contributed by atoms with Gasteiger partial charge in [-0.05, 0) is 49.2 Å². The zero-order valence-electron chi connectivity index (χ0n) is 15.6. The topological polar surface area (TPSA) is 95.6 Å². The fourth-order valence-electron chi connectivity index (χ4n) is 3.20. The van der Waals surface area contributed by atoms with Crippen molar-refractivity contribution in [2.45, 2.75) is 24.7 Å². The van der Waals surface area contributed by atoms with E-state index in [0.29, 0.717) is 30.8 Å². The summed E-state index contributed by atoms with van der Waals surface area (Å²) in [7, 11) is -3.61. The number of sulfonamides is 1. The Morgan fingerprint density at radius 2 is 1.57 bits per heavy atom. The molecule has 0 unspecified atom stereocenters. The number of carbonyl (C=O) groups is 2. The van der Waals surface area contributed by atoms with Crippen LogP contribution in [-0.2, 0) is 19.6 Å². The minimum atomic E-state index is -3.61. The van der Waals surface area contributed by atoms with Gasteiger partial charge >= 0.3 is 0 Å². The summed E-state index contributed by atoms with van der Waals surface area (Å²) in [6.07, 6.45) is 1.27. The largest absolute Gasteiger partial charge is 0.326 e. The van der Waals surface area contributed by atoms with Gasteiger partial charge in [-0.15, -0.1) is 0 Å². The minimum absolute atomic E-state index is 0.160. The second-order valence-electron chi connectivity index (χ2n) is 6.76. The molecule has 2 N–H and O–H groups in total. The predicted molar refractivity (Wildman–Crippen MR) is 107 cm³/mol. The molecule has 1 saturated heterocycles. The first-order valence-electron chi connectivity index (χ1n) is 9.10. The standard InChI is InChI=1S/C20H23N3O4S/c1-15(24)21-17-9-11-18(12-10-17)22-20(25)16-6-5-13-23(14-16)28(26,27)19-7-3-2-4-8-19/h2-4,7-12,16H,5-6,13-14H2,1H3,(H,21,24)(H,22,25)/t16-/m0/s1. The van der Waals surface area contributed by atoms with Crippen molar-refractivity contribution >= 4 is 33.2 Å². The Kier molecular flexibility index (Phi) is 6.11. The number of amides is 2. The Bertz CT molecular complexity index is 943. The fourth-order valence-corrected chi connectivity index (χ4v) is 4.75. The molecule has 2 aromatic rings. The highest BCUT2D eigenvalue weighted by molar-refractivity contribution is 7.89. The predicted octanol–water partition coefficient (Wildman–Crippen LogP) is 2.68. The first-order valence-corrected chi connectivity index (χ1v) is 10.5. The molecule has 7 nitrogen and oxygen atoms in total. The summed E-state index contributed by atoms with van der Waals surface area (Å²) in [5.41, 5.74) is 1.24. The summed E-state index contributed by atoms with van der Waals surface area (Å²) in [5, 5.41) is 5.49. The molecule has 2 aromatic carbocycles. The number of benzene rings is 2. The molecule has 148 valence electrons. The van der Waals surface area contributed by atoms with Crippen molar-refractivity contribution in [1.29, 1.82) is 0 Å². The summed E-state index contributed by atoms with van der Waals surface area (Å²) in [6.45, 7) is 1.99. The van der Waals surface area contributed by atoms with E-state index in [9.17, 15) is 18.0 Å². The highest BCUT2D eigenvalue weighted by Gasteiger charge is 2.33. The molecule has 0 bridgehead atoms. The molecule has 1 heterocycles. The Morgan fingerprint density at radius 3 is 2.18 bits per heavy atom. The van der Waals surface area contributed by atoms with Crippen molar-refractivity contribution in [3.8, 4) is 0 Å². The lowest BCUT2D eigenvalue weighted by atomic mass is 9.98. The lowest BCUT2D eigenvalue weighted by molar-refractivity contribution is -0.121. The average Bonchev–Trinajstić information content (AvgIpc) is 2.70. The van der Waals surface area contributed by atoms with Crippen molar-refractivity contribution in [1.82, 2.24) is 4.31 Å². The van der Waals surface area contributed by atoms with E-state index in [-0.39, 0.29) is 23.3 Å². The minimum Gasteiger partial charge on any atom is -0.326 e. The second kappa shape index (κ2) is 8.53. The van der Waals surface area contributed by atoms with Gasteiger partial charge in [0.1, 0.15) is 0 Å². The molecular weight excluding hydrogens is 378 g/mol. The van der Waals surface area contributed by atoms with Crippen molar-refractivity contribution in [2.24, 2.45) is 5.92 Å². The van der Waals surface area contributed by atoms with E-state index in [2.05, 4.69) is 10.6 Å². The SMILES string of the molecule is CC(=O)Nc1ccc(NC(=O)[C@H]2CCCN(S(=O)(=O)c3ccccc3)C2)cc1. The summed E-state index contributed by atoms with van der Waals surface area (Å²) in [6, 6.07) is 15.1. The zero-order valence-corrected chi connectivity index (χ0v) is 16.4. The Morgan fingerprint density at radius 1 is 0.964 bits per heavy atom. The zero-order chi connectivity index (χ0) is 20.1. The van der Waals surface area contributed by atoms with Crippen LogP contribution in [-0.4, -0.2) is 37.6 Å². The molecule has 8 heteroatoms. The molecule has 3 rings (SSSR count).